The number of pyridine rings is 1. The Morgan fingerprint density at radius 3 is 3.05 bits per heavy atom. The van der Waals surface area contributed by atoms with Crippen LogP contribution in [0.2, 0.25) is 0 Å². The summed E-state index contributed by atoms with van der Waals surface area (Å²) in [5.74, 6) is 0.578. The van der Waals surface area contributed by atoms with Crippen LogP contribution in [-0.4, -0.2) is 52.2 Å². The second-order valence-electron chi connectivity index (χ2n) is 4.32. The van der Waals surface area contributed by atoms with Crippen LogP contribution in [0.5, 0.6) is 0 Å². The lowest BCUT2D eigenvalue weighted by molar-refractivity contribution is -0.132. The largest absolute Gasteiger partial charge is 0.378 e. The van der Waals surface area contributed by atoms with E-state index in [1.54, 1.807) is 0 Å². The first kappa shape index (κ1) is 12.5. The average Bonchev–Trinajstić information content (AvgIpc) is 2.89. The van der Waals surface area contributed by atoms with Crippen LogP contribution < -0.4 is 0 Å². The van der Waals surface area contributed by atoms with Crippen LogP contribution in [0.25, 0.3) is 5.52 Å². The van der Waals surface area contributed by atoms with Crippen LogP contribution in [0.4, 0.5) is 0 Å². The van der Waals surface area contributed by atoms with Gasteiger partial charge in [-0.2, -0.15) is 0 Å². The van der Waals surface area contributed by atoms with Gasteiger partial charge >= 0.3 is 0 Å². The van der Waals surface area contributed by atoms with Gasteiger partial charge < -0.3 is 9.64 Å². The highest BCUT2D eigenvalue weighted by molar-refractivity contribution is 7.99. The molecule has 1 aliphatic rings. The number of morpholine rings is 1. The summed E-state index contributed by atoms with van der Waals surface area (Å²) in [6.45, 7) is 2.68. The molecule has 100 valence electrons. The van der Waals surface area contributed by atoms with E-state index in [4.69, 9.17) is 4.74 Å². The molecule has 0 unspecified atom stereocenters. The fraction of sp³-hybridized carbons (Fsp3) is 0.385. The second kappa shape index (κ2) is 5.63. The Hall–Kier alpha value is -1.53. The van der Waals surface area contributed by atoms with E-state index in [1.165, 1.54) is 11.8 Å². The van der Waals surface area contributed by atoms with Gasteiger partial charge in [-0.3, -0.25) is 9.20 Å². The van der Waals surface area contributed by atoms with Gasteiger partial charge in [-0.25, -0.2) is 4.98 Å². The molecule has 6 heteroatoms. The molecule has 5 nitrogen and oxygen atoms in total. The summed E-state index contributed by atoms with van der Waals surface area (Å²) in [6, 6.07) is 5.94. The summed E-state index contributed by atoms with van der Waals surface area (Å²) in [5, 5.41) is 0.859. The minimum Gasteiger partial charge on any atom is -0.378 e. The van der Waals surface area contributed by atoms with E-state index in [-0.39, 0.29) is 5.91 Å². The third-order valence-electron chi connectivity index (χ3n) is 3.09. The number of hydrogen-bond acceptors (Lipinski definition) is 4. The Bertz CT molecular complexity index is 578. The molecule has 0 atom stereocenters. The molecule has 3 rings (SSSR count). The van der Waals surface area contributed by atoms with Crippen molar-refractivity contribution in [2.45, 2.75) is 5.16 Å². The van der Waals surface area contributed by atoms with Crippen molar-refractivity contribution in [2.75, 3.05) is 32.1 Å². The van der Waals surface area contributed by atoms with E-state index in [0.717, 1.165) is 10.7 Å². The van der Waals surface area contributed by atoms with Crippen LogP contribution in [-0.2, 0) is 9.53 Å². The number of amides is 1. The molecule has 19 heavy (non-hydrogen) atoms. The molecule has 0 bridgehead atoms. The van der Waals surface area contributed by atoms with E-state index in [2.05, 4.69) is 4.98 Å². The first-order chi connectivity index (χ1) is 9.34. The third kappa shape index (κ3) is 2.74. The molecule has 2 aromatic heterocycles. The number of nitrogens with zero attached hydrogens (tertiary/aromatic N) is 3. The summed E-state index contributed by atoms with van der Waals surface area (Å²) >= 11 is 1.48. The molecular weight excluding hydrogens is 262 g/mol. The Morgan fingerprint density at radius 1 is 1.37 bits per heavy atom. The highest BCUT2D eigenvalue weighted by Crippen LogP contribution is 2.18. The molecule has 0 N–H and O–H groups in total. The zero-order valence-electron chi connectivity index (χ0n) is 10.5. The lowest BCUT2D eigenvalue weighted by Crippen LogP contribution is -2.41. The Kier molecular flexibility index (Phi) is 3.70. The number of thioether (sulfide) groups is 1. The maximum Gasteiger partial charge on any atom is 0.233 e. The van der Waals surface area contributed by atoms with Crippen LogP contribution in [0, 0.1) is 0 Å². The summed E-state index contributed by atoms with van der Waals surface area (Å²) < 4.78 is 7.24. The lowest BCUT2D eigenvalue weighted by atomic mass is 10.4. The van der Waals surface area contributed by atoms with Crippen molar-refractivity contribution in [1.29, 1.82) is 0 Å². The predicted molar refractivity (Wildman–Crippen MR) is 73.3 cm³/mol. The number of fused-ring (bicyclic) bond motifs is 1. The monoisotopic (exact) mass is 277 g/mol. The second-order valence-corrected chi connectivity index (χ2v) is 5.26. The van der Waals surface area contributed by atoms with Gasteiger partial charge in [-0.05, 0) is 12.1 Å². The summed E-state index contributed by atoms with van der Waals surface area (Å²) in [4.78, 5) is 18.2. The van der Waals surface area contributed by atoms with Gasteiger partial charge in [0.05, 0.1) is 30.7 Å². The smallest absolute Gasteiger partial charge is 0.233 e. The molecule has 0 aromatic carbocycles. The minimum absolute atomic E-state index is 0.154. The van der Waals surface area contributed by atoms with Crippen molar-refractivity contribution in [1.82, 2.24) is 14.3 Å². The SMILES string of the molecule is O=C(CSc1ncc2ccccn12)N1CCOCC1. The zero-order chi connectivity index (χ0) is 13.1. The van der Waals surface area contributed by atoms with E-state index < -0.39 is 0 Å². The fourth-order valence-corrected chi connectivity index (χ4v) is 2.92. The van der Waals surface area contributed by atoms with Crippen molar-refractivity contribution in [3.05, 3.63) is 30.6 Å². The van der Waals surface area contributed by atoms with E-state index in [1.807, 2.05) is 39.9 Å². The van der Waals surface area contributed by atoms with Gasteiger partial charge in [0.25, 0.3) is 0 Å². The summed E-state index contributed by atoms with van der Waals surface area (Å²) in [7, 11) is 0. The number of rotatable bonds is 3. The average molecular weight is 277 g/mol. The molecule has 0 aliphatic carbocycles. The normalized spacial score (nSPS) is 15.9. The van der Waals surface area contributed by atoms with Gasteiger partial charge in [0.2, 0.25) is 5.91 Å². The topological polar surface area (TPSA) is 46.8 Å². The maximum absolute atomic E-state index is 12.0. The van der Waals surface area contributed by atoms with E-state index in [0.29, 0.717) is 32.1 Å². The maximum atomic E-state index is 12.0. The lowest BCUT2D eigenvalue weighted by Gasteiger charge is -2.26. The zero-order valence-corrected chi connectivity index (χ0v) is 11.3. The van der Waals surface area contributed by atoms with Gasteiger partial charge in [0, 0.05) is 19.3 Å². The number of carbonyl (C=O) groups excluding carboxylic acids is 1. The van der Waals surface area contributed by atoms with Crippen molar-refractivity contribution in [2.24, 2.45) is 0 Å². The summed E-state index contributed by atoms with van der Waals surface area (Å²) in [5.41, 5.74) is 1.05. The van der Waals surface area contributed by atoms with E-state index in [9.17, 15) is 4.79 Å². The molecule has 0 radical (unpaired) electrons. The molecule has 1 fully saturated rings. The molecular formula is C13H15N3O2S. The first-order valence-corrected chi connectivity index (χ1v) is 7.23. The van der Waals surface area contributed by atoms with Gasteiger partial charge in [0.1, 0.15) is 0 Å². The van der Waals surface area contributed by atoms with Crippen LogP contribution in [0.1, 0.15) is 0 Å². The number of hydrogen-bond donors (Lipinski definition) is 0. The van der Waals surface area contributed by atoms with Gasteiger partial charge in [-0.1, -0.05) is 17.8 Å². The predicted octanol–water partition coefficient (Wildman–Crippen LogP) is 1.29. The summed E-state index contributed by atoms with van der Waals surface area (Å²) in [6.07, 6.45) is 3.78. The van der Waals surface area contributed by atoms with Crippen molar-refractivity contribution < 1.29 is 9.53 Å². The third-order valence-corrected chi connectivity index (χ3v) is 4.04. The highest BCUT2D eigenvalue weighted by atomic mass is 32.2. The number of imidazole rings is 1. The molecule has 3 heterocycles. The van der Waals surface area contributed by atoms with Crippen molar-refractivity contribution >= 4 is 23.2 Å². The molecule has 1 saturated heterocycles. The molecule has 2 aromatic rings. The minimum atomic E-state index is 0.154. The van der Waals surface area contributed by atoms with Crippen molar-refractivity contribution in [3.63, 3.8) is 0 Å². The molecule has 1 aliphatic heterocycles. The molecule has 1 amide bonds. The Morgan fingerprint density at radius 2 is 2.21 bits per heavy atom. The number of ether oxygens (including phenoxy) is 1. The van der Waals surface area contributed by atoms with Gasteiger partial charge in [0.15, 0.2) is 5.16 Å². The first-order valence-electron chi connectivity index (χ1n) is 6.25. The molecule has 0 saturated carbocycles. The number of carbonyl (C=O) groups is 1. The van der Waals surface area contributed by atoms with Crippen molar-refractivity contribution in [3.8, 4) is 0 Å². The Balaban J connectivity index is 1.64. The number of aromatic nitrogens is 2. The fourth-order valence-electron chi connectivity index (χ4n) is 2.06. The molecule has 0 spiro atoms. The van der Waals surface area contributed by atoms with E-state index >= 15 is 0 Å². The van der Waals surface area contributed by atoms with Crippen LogP contribution in [0.15, 0.2) is 35.7 Å². The highest BCUT2D eigenvalue weighted by Gasteiger charge is 2.17. The van der Waals surface area contributed by atoms with Crippen LogP contribution >= 0.6 is 11.8 Å². The Labute approximate surface area is 115 Å². The quantitative estimate of drug-likeness (QED) is 0.793. The standard InChI is InChI=1S/C13H15N3O2S/c17-12(15-5-7-18-8-6-15)10-19-13-14-9-11-3-1-2-4-16(11)13/h1-4,9H,5-8,10H2. The van der Waals surface area contributed by atoms with Crippen LogP contribution in [0.3, 0.4) is 0 Å². The van der Waals surface area contributed by atoms with Gasteiger partial charge in [-0.15, -0.1) is 0 Å².